The first-order valence-electron chi connectivity index (χ1n) is 7.00. The van der Waals surface area contributed by atoms with Crippen LogP contribution in [-0.2, 0) is 19.1 Å². The van der Waals surface area contributed by atoms with Gasteiger partial charge in [0.15, 0.2) is 6.61 Å². The Bertz CT molecular complexity index is 601. The molecule has 0 heterocycles. The van der Waals surface area contributed by atoms with Crippen molar-refractivity contribution in [2.45, 2.75) is 13.8 Å². The number of rotatable bonds is 7. The maximum Gasteiger partial charge on any atom is 0.338 e. The van der Waals surface area contributed by atoms with Crippen molar-refractivity contribution in [1.82, 2.24) is 10.6 Å². The highest BCUT2D eigenvalue weighted by Gasteiger charge is 2.11. The molecule has 1 rings (SSSR count). The molecule has 8 heteroatoms. The quantitative estimate of drug-likeness (QED) is 0.614. The molecule has 124 valence electrons. The maximum atomic E-state index is 11.8. The number of hydrogen-bond donors (Lipinski definition) is 3. The average molecular weight is 321 g/mol. The lowest BCUT2D eigenvalue weighted by molar-refractivity contribution is -0.127. The van der Waals surface area contributed by atoms with E-state index < -0.39 is 18.5 Å². The van der Waals surface area contributed by atoms with E-state index in [1.54, 1.807) is 19.1 Å². The van der Waals surface area contributed by atoms with Crippen LogP contribution < -0.4 is 16.0 Å². The second kappa shape index (κ2) is 9.19. The molecule has 3 amide bonds. The molecular formula is C15H19N3O5. The number of likely N-dealkylation sites (N-methyl/N-ethyl adjacent to an activating group) is 1. The zero-order valence-electron chi connectivity index (χ0n) is 13.0. The molecule has 0 spiro atoms. The third-order valence-electron chi connectivity index (χ3n) is 2.57. The molecular weight excluding hydrogens is 302 g/mol. The molecule has 3 N–H and O–H groups in total. The molecule has 0 aliphatic rings. The van der Waals surface area contributed by atoms with Crippen molar-refractivity contribution in [2.24, 2.45) is 0 Å². The first kappa shape index (κ1) is 18.1. The minimum Gasteiger partial charge on any atom is -0.452 e. The summed E-state index contributed by atoms with van der Waals surface area (Å²) in [6.45, 7) is 2.90. The van der Waals surface area contributed by atoms with Gasteiger partial charge in [0.05, 0.1) is 12.1 Å². The first-order chi connectivity index (χ1) is 10.9. The van der Waals surface area contributed by atoms with Crippen molar-refractivity contribution < 1.29 is 23.9 Å². The summed E-state index contributed by atoms with van der Waals surface area (Å²) in [6, 6.07) is 6.14. The van der Waals surface area contributed by atoms with E-state index in [1.165, 1.54) is 19.1 Å². The van der Waals surface area contributed by atoms with Crippen LogP contribution in [0.5, 0.6) is 0 Å². The van der Waals surface area contributed by atoms with E-state index in [9.17, 15) is 19.2 Å². The lowest BCUT2D eigenvalue weighted by Gasteiger charge is -2.08. The summed E-state index contributed by atoms with van der Waals surface area (Å²) in [5, 5.41) is 7.38. The molecule has 0 aliphatic carbocycles. The van der Waals surface area contributed by atoms with Crippen LogP contribution >= 0.6 is 0 Å². The van der Waals surface area contributed by atoms with Gasteiger partial charge in [-0.1, -0.05) is 6.07 Å². The predicted octanol–water partition coefficient (Wildman–Crippen LogP) is 0.0541. The molecule has 0 aliphatic heterocycles. The summed E-state index contributed by atoms with van der Waals surface area (Å²) in [5.74, 6) is -1.87. The standard InChI is InChI=1S/C15H19N3O5/c1-3-16-13(20)8-17-14(21)9-23-15(22)11-5-4-6-12(7-11)18-10(2)19/h4-7H,3,8-9H2,1-2H3,(H,16,20)(H,17,21)(H,18,19). The Morgan fingerprint density at radius 1 is 1.09 bits per heavy atom. The van der Waals surface area contributed by atoms with Gasteiger partial charge in [0.2, 0.25) is 11.8 Å². The van der Waals surface area contributed by atoms with Crippen LogP contribution in [0.2, 0.25) is 0 Å². The van der Waals surface area contributed by atoms with Crippen LogP contribution in [0.1, 0.15) is 24.2 Å². The van der Waals surface area contributed by atoms with Crippen LogP contribution in [0.3, 0.4) is 0 Å². The summed E-state index contributed by atoms with van der Waals surface area (Å²) >= 11 is 0. The van der Waals surface area contributed by atoms with Crippen molar-refractivity contribution in [3.63, 3.8) is 0 Å². The van der Waals surface area contributed by atoms with Gasteiger partial charge in [-0.3, -0.25) is 14.4 Å². The van der Waals surface area contributed by atoms with Crippen molar-refractivity contribution in [3.05, 3.63) is 29.8 Å². The largest absolute Gasteiger partial charge is 0.452 e. The van der Waals surface area contributed by atoms with Gasteiger partial charge in [-0.05, 0) is 25.1 Å². The fourth-order valence-corrected chi connectivity index (χ4v) is 1.63. The number of carbonyl (C=O) groups is 4. The molecule has 1 aromatic rings. The van der Waals surface area contributed by atoms with Crippen molar-refractivity contribution in [2.75, 3.05) is 25.0 Å². The van der Waals surface area contributed by atoms with Gasteiger partial charge in [0.1, 0.15) is 0 Å². The number of amides is 3. The SMILES string of the molecule is CCNC(=O)CNC(=O)COC(=O)c1cccc(NC(C)=O)c1. The van der Waals surface area contributed by atoms with Crippen LogP contribution in [0.25, 0.3) is 0 Å². The monoisotopic (exact) mass is 321 g/mol. The normalized spacial score (nSPS) is 9.65. The van der Waals surface area contributed by atoms with E-state index in [2.05, 4.69) is 16.0 Å². The number of nitrogens with one attached hydrogen (secondary N) is 3. The Kier molecular flexibility index (Phi) is 7.25. The van der Waals surface area contributed by atoms with Crippen LogP contribution in [0.15, 0.2) is 24.3 Å². The average Bonchev–Trinajstić information content (AvgIpc) is 2.50. The molecule has 0 fully saturated rings. The lowest BCUT2D eigenvalue weighted by Crippen LogP contribution is -2.38. The van der Waals surface area contributed by atoms with Crippen LogP contribution in [0.4, 0.5) is 5.69 Å². The highest BCUT2D eigenvalue weighted by molar-refractivity contribution is 5.94. The number of anilines is 1. The summed E-state index contributed by atoms with van der Waals surface area (Å²) in [7, 11) is 0. The predicted molar refractivity (Wildman–Crippen MR) is 82.7 cm³/mol. The van der Waals surface area contributed by atoms with E-state index >= 15 is 0 Å². The Morgan fingerprint density at radius 2 is 1.83 bits per heavy atom. The Hall–Kier alpha value is -2.90. The third-order valence-corrected chi connectivity index (χ3v) is 2.57. The van der Waals surface area contributed by atoms with E-state index in [0.29, 0.717) is 12.2 Å². The second-order valence-electron chi connectivity index (χ2n) is 4.57. The van der Waals surface area contributed by atoms with Crippen molar-refractivity contribution >= 4 is 29.4 Å². The van der Waals surface area contributed by atoms with Gasteiger partial charge in [-0.25, -0.2) is 4.79 Å². The highest BCUT2D eigenvalue weighted by Crippen LogP contribution is 2.11. The summed E-state index contributed by atoms with van der Waals surface area (Å²) in [4.78, 5) is 45.4. The van der Waals surface area contributed by atoms with E-state index in [4.69, 9.17) is 4.74 Å². The Morgan fingerprint density at radius 3 is 2.48 bits per heavy atom. The smallest absolute Gasteiger partial charge is 0.338 e. The Balaban J connectivity index is 2.45. The van der Waals surface area contributed by atoms with Gasteiger partial charge >= 0.3 is 5.97 Å². The van der Waals surface area contributed by atoms with Crippen molar-refractivity contribution in [3.8, 4) is 0 Å². The zero-order valence-corrected chi connectivity index (χ0v) is 13.0. The topological polar surface area (TPSA) is 114 Å². The number of hydrogen-bond acceptors (Lipinski definition) is 5. The van der Waals surface area contributed by atoms with E-state index in [0.717, 1.165) is 0 Å². The number of carbonyl (C=O) groups excluding carboxylic acids is 4. The lowest BCUT2D eigenvalue weighted by atomic mass is 10.2. The summed E-state index contributed by atoms with van der Waals surface area (Å²) in [6.07, 6.45) is 0. The number of ether oxygens (including phenoxy) is 1. The van der Waals surface area contributed by atoms with Gasteiger partial charge in [-0.15, -0.1) is 0 Å². The minimum atomic E-state index is -0.703. The third kappa shape index (κ3) is 7.07. The number of esters is 1. The molecule has 0 unspecified atom stereocenters. The van der Waals surface area contributed by atoms with E-state index in [-0.39, 0.29) is 23.9 Å². The van der Waals surface area contributed by atoms with Gasteiger partial charge in [-0.2, -0.15) is 0 Å². The summed E-state index contributed by atoms with van der Waals surface area (Å²) in [5.41, 5.74) is 0.653. The maximum absolute atomic E-state index is 11.8. The molecule has 0 aromatic heterocycles. The molecule has 1 aromatic carbocycles. The van der Waals surface area contributed by atoms with Gasteiger partial charge in [0.25, 0.3) is 5.91 Å². The summed E-state index contributed by atoms with van der Waals surface area (Å²) < 4.78 is 4.85. The second-order valence-corrected chi connectivity index (χ2v) is 4.57. The molecule has 0 saturated heterocycles. The van der Waals surface area contributed by atoms with Gasteiger partial charge in [0, 0.05) is 19.2 Å². The highest BCUT2D eigenvalue weighted by atomic mass is 16.5. The molecule has 0 saturated carbocycles. The van der Waals surface area contributed by atoms with Crippen LogP contribution in [0, 0.1) is 0 Å². The molecule has 8 nitrogen and oxygen atoms in total. The Labute approximate surface area is 133 Å². The molecule has 0 bridgehead atoms. The fraction of sp³-hybridized carbons (Fsp3) is 0.333. The van der Waals surface area contributed by atoms with E-state index in [1.807, 2.05) is 0 Å². The number of benzene rings is 1. The molecule has 0 atom stereocenters. The first-order valence-corrected chi connectivity index (χ1v) is 7.00. The van der Waals surface area contributed by atoms with Crippen LogP contribution in [-0.4, -0.2) is 43.4 Å². The zero-order chi connectivity index (χ0) is 17.2. The minimum absolute atomic E-state index is 0.178. The molecule has 23 heavy (non-hydrogen) atoms. The molecule has 0 radical (unpaired) electrons. The fourth-order valence-electron chi connectivity index (χ4n) is 1.63. The van der Waals surface area contributed by atoms with Crippen molar-refractivity contribution in [1.29, 1.82) is 0 Å². The van der Waals surface area contributed by atoms with Gasteiger partial charge < -0.3 is 20.7 Å².